The number of carbonyl (C=O) groups is 1. The number of aromatic nitrogens is 2. The van der Waals surface area contributed by atoms with Gasteiger partial charge >= 0.3 is 0 Å². The van der Waals surface area contributed by atoms with E-state index in [-0.39, 0.29) is 12.5 Å². The van der Waals surface area contributed by atoms with Gasteiger partial charge in [0.05, 0.1) is 28.6 Å². The van der Waals surface area contributed by atoms with Gasteiger partial charge in [-0.05, 0) is 12.1 Å². The molecule has 0 atom stereocenters. The first-order chi connectivity index (χ1) is 9.63. The third-order valence-corrected chi connectivity index (χ3v) is 3.40. The summed E-state index contributed by atoms with van der Waals surface area (Å²) in [6.07, 6.45) is 1.74. The summed E-state index contributed by atoms with van der Waals surface area (Å²) < 4.78 is 7.15. The van der Waals surface area contributed by atoms with Gasteiger partial charge in [-0.15, -0.1) is 0 Å². The Kier molecular flexibility index (Phi) is 3.23. The van der Waals surface area contributed by atoms with Gasteiger partial charge in [-0.2, -0.15) is 5.10 Å². The van der Waals surface area contributed by atoms with Crippen molar-refractivity contribution in [3.8, 4) is 5.75 Å². The Morgan fingerprint density at radius 1 is 1.55 bits per heavy atom. The van der Waals surface area contributed by atoms with E-state index in [2.05, 4.69) is 15.7 Å². The van der Waals surface area contributed by atoms with Crippen molar-refractivity contribution in [2.75, 3.05) is 17.2 Å². The number of benzene rings is 1. The number of nitrogens with one attached hydrogen (secondary N) is 2. The predicted octanol–water partition coefficient (Wildman–Crippen LogP) is 2.02. The second-order valence-corrected chi connectivity index (χ2v) is 4.87. The number of aryl methyl sites for hydroxylation is 1. The summed E-state index contributed by atoms with van der Waals surface area (Å²) >= 11 is 6.20. The SMILES string of the molecule is Cn1nccc1CNc1cc2c(cc1Cl)NC(=O)CO2. The monoisotopic (exact) mass is 292 g/mol. The number of anilines is 2. The van der Waals surface area contributed by atoms with Crippen LogP contribution in [0.3, 0.4) is 0 Å². The van der Waals surface area contributed by atoms with E-state index in [4.69, 9.17) is 16.3 Å². The average Bonchev–Trinajstić information content (AvgIpc) is 2.82. The second kappa shape index (κ2) is 5.05. The smallest absolute Gasteiger partial charge is 0.262 e. The van der Waals surface area contributed by atoms with Gasteiger partial charge in [0.15, 0.2) is 6.61 Å². The molecule has 0 saturated heterocycles. The lowest BCUT2D eigenvalue weighted by molar-refractivity contribution is -0.118. The van der Waals surface area contributed by atoms with Crippen molar-refractivity contribution < 1.29 is 9.53 Å². The van der Waals surface area contributed by atoms with Crippen molar-refractivity contribution in [2.45, 2.75) is 6.54 Å². The number of ether oxygens (including phenoxy) is 1. The molecule has 0 bridgehead atoms. The maximum Gasteiger partial charge on any atom is 0.262 e. The van der Waals surface area contributed by atoms with E-state index in [1.807, 2.05) is 13.1 Å². The molecule has 6 nitrogen and oxygen atoms in total. The number of hydrogen-bond donors (Lipinski definition) is 2. The number of rotatable bonds is 3. The molecular formula is C13H13ClN4O2. The van der Waals surface area contributed by atoms with Crippen LogP contribution in [0.4, 0.5) is 11.4 Å². The fraction of sp³-hybridized carbons (Fsp3) is 0.231. The molecule has 2 aromatic rings. The van der Waals surface area contributed by atoms with Crippen LogP contribution in [-0.4, -0.2) is 22.3 Å². The molecule has 0 unspecified atom stereocenters. The van der Waals surface area contributed by atoms with Crippen LogP contribution in [0.2, 0.25) is 5.02 Å². The van der Waals surface area contributed by atoms with E-state index in [1.165, 1.54) is 0 Å². The summed E-state index contributed by atoms with van der Waals surface area (Å²) in [5.41, 5.74) is 2.38. The lowest BCUT2D eigenvalue weighted by Crippen LogP contribution is -2.25. The summed E-state index contributed by atoms with van der Waals surface area (Å²) in [5.74, 6) is 0.436. The third-order valence-electron chi connectivity index (χ3n) is 3.08. The number of carbonyl (C=O) groups excluding carboxylic acids is 1. The molecule has 1 aromatic carbocycles. The molecule has 0 saturated carbocycles. The molecule has 1 amide bonds. The van der Waals surface area contributed by atoms with Crippen LogP contribution in [0, 0.1) is 0 Å². The first-order valence-corrected chi connectivity index (χ1v) is 6.48. The second-order valence-electron chi connectivity index (χ2n) is 4.46. The lowest BCUT2D eigenvalue weighted by Gasteiger charge is -2.20. The highest BCUT2D eigenvalue weighted by Gasteiger charge is 2.18. The molecule has 2 N–H and O–H groups in total. The highest BCUT2D eigenvalue weighted by atomic mass is 35.5. The van der Waals surface area contributed by atoms with Crippen LogP contribution in [0.25, 0.3) is 0 Å². The van der Waals surface area contributed by atoms with Gasteiger partial charge in [-0.3, -0.25) is 9.48 Å². The standard InChI is InChI=1S/C13H13ClN4O2/c1-18-8(2-3-16-18)6-15-10-5-12-11(4-9(10)14)17-13(19)7-20-12/h2-5,15H,6-7H2,1H3,(H,17,19). The van der Waals surface area contributed by atoms with E-state index in [9.17, 15) is 4.79 Å². The number of nitrogens with zero attached hydrogens (tertiary/aromatic N) is 2. The summed E-state index contributed by atoms with van der Waals surface area (Å²) in [4.78, 5) is 11.2. The lowest BCUT2D eigenvalue weighted by atomic mass is 10.2. The molecular weight excluding hydrogens is 280 g/mol. The van der Waals surface area contributed by atoms with Crippen LogP contribution in [0.5, 0.6) is 5.75 Å². The van der Waals surface area contributed by atoms with Gasteiger partial charge < -0.3 is 15.4 Å². The zero-order valence-electron chi connectivity index (χ0n) is 10.8. The number of amides is 1. The van der Waals surface area contributed by atoms with Gasteiger partial charge in [0, 0.05) is 19.3 Å². The van der Waals surface area contributed by atoms with Crippen molar-refractivity contribution in [2.24, 2.45) is 7.05 Å². The Bertz CT molecular complexity index is 668. The first kappa shape index (κ1) is 12.8. The first-order valence-electron chi connectivity index (χ1n) is 6.10. The zero-order chi connectivity index (χ0) is 14.1. The predicted molar refractivity (Wildman–Crippen MR) is 76.1 cm³/mol. The maximum absolute atomic E-state index is 11.2. The van der Waals surface area contributed by atoms with Gasteiger partial charge in [-0.25, -0.2) is 0 Å². The van der Waals surface area contributed by atoms with Crippen molar-refractivity contribution in [3.05, 3.63) is 35.1 Å². The van der Waals surface area contributed by atoms with Crippen LogP contribution in [0.1, 0.15) is 5.69 Å². The maximum atomic E-state index is 11.2. The minimum absolute atomic E-state index is 0.0236. The quantitative estimate of drug-likeness (QED) is 0.908. The molecule has 0 radical (unpaired) electrons. The number of fused-ring (bicyclic) bond motifs is 1. The number of halogens is 1. The normalized spacial score (nSPS) is 13.4. The van der Waals surface area contributed by atoms with E-state index >= 15 is 0 Å². The molecule has 7 heteroatoms. The summed E-state index contributed by atoms with van der Waals surface area (Å²) in [6, 6.07) is 5.39. The minimum atomic E-state index is -0.177. The molecule has 3 rings (SSSR count). The van der Waals surface area contributed by atoms with E-state index in [0.29, 0.717) is 23.0 Å². The highest BCUT2D eigenvalue weighted by molar-refractivity contribution is 6.33. The van der Waals surface area contributed by atoms with Gasteiger partial charge in [0.25, 0.3) is 5.91 Å². The molecule has 1 aliphatic rings. The fourth-order valence-corrected chi connectivity index (χ4v) is 2.23. The van der Waals surface area contributed by atoms with Gasteiger partial charge in [0.1, 0.15) is 5.75 Å². The molecule has 2 heterocycles. The van der Waals surface area contributed by atoms with Gasteiger partial charge in [0.2, 0.25) is 0 Å². The van der Waals surface area contributed by atoms with Crippen LogP contribution in [-0.2, 0) is 18.4 Å². The largest absolute Gasteiger partial charge is 0.482 e. The van der Waals surface area contributed by atoms with E-state index in [0.717, 1.165) is 11.4 Å². The fourth-order valence-electron chi connectivity index (χ4n) is 2.00. The Labute approximate surface area is 120 Å². The highest BCUT2D eigenvalue weighted by Crippen LogP contribution is 2.36. The molecule has 0 aliphatic carbocycles. The van der Waals surface area contributed by atoms with E-state index in [1.54, 1.807) is 23.0 Å². The third kappa shape index (κ3) is 2.42. The topological polar surface area (TPSA) is 68.2 Å². The number of hydrogen-bond acceptors (Lipinski definition) is 4. The van der Waals surface area contributed by atoms with E-state index < -0.39 is 0 Å². The minimum Gasteiger partial charge on any atom is -0.482 e. The summed E-state index contributed by atoms with van der Waals surface area (Å²) in [5, 5.41) is 10.6. The average molecular weight is 293 g/mol. The Morgan fingerprint density at radius 2 is 2.40 bits per heavy atom. The van der Waals surface area contributed by atoms with Crippen LogP contribution < -0.4 is 15.4 Å². The van der Waals surface area contributed by atoms with Crippen molar-refractivity contribution in [3.63, 3.8) is 0 Å². The summed E-state index contributed by atoms with van der Waals surface area (Å²) in [6.45, 7) is 0.622. The molecule has 1 aliphatic heterocycles. The Balaban J connectivity index is 1.80. The van der Waals surface area contributed by atoms with Crippen molar-refractivity contribution in [1.29, 1.82) is 0 Å². The molecule has 1 aromatic heterocycles. The molecule has 104 valence electrons. The van der Waals surface area contributed by atoms with Gasteiger partial charge in [-0.1, -0.05) is 11.6 Å². The Hall–Kier alpha value is -2.21. The molecule has 0 spiro atoms. The molecule has 0 fully saturated rings. The summed E-state index contributed by atoms with van der Waals surface area (Å²) in [7, 11) is 1.88. The molecule has 20 heavy (non-hydrogen) atoms. The van der Waals surface area contributed by atoms with Crippen LogP contribution >= 0.6 is 11.6 Å². The van der Waals surface area contributed by atoms with Crippen LogP contribution in [0.15, 0.2) is 24.4 Å². The van der Waals surface area contributed by atoms with Crippen molar-refractivity contribution >= 4 is 28.9 Å². The Morgan fingerprint density at radius 3 is 3.15 bits per heavy atom. The van der Waals surface area contributed by atoms with Crippen molar-refractivity contribution in [1.82, 2.24) is 9.78 Å². The zero-order valence-corrected chi connectivity index (χ0v) is 11.6.